The summed E-state index contributed by atoms with van der Waals surface area (Å²) in [5.74, 6) is 0.279. The predicted octanol–water partition coefficient (Wildman–Crippen LogP) is 3.38. The van der Waals surface area contributed by atoms with Gasteiger partial charge in [-0.25, -0.2) is 4.98 Å². The van der Waals surface area contributed by atoms with Crippen molar-refractivity contribution in [3.63, 3.8) is 0 Å². The van der Waals surface area contributed by atoms with Crippen molar-refractivity contribution < 1.29 is 17.9 Å². The second-order valence-electron chi connectivity index (χ2n) is 7.60. The maximum absolute atomic E-state index is 13.9. The zero-order valence-corrected chi connectivity index (χ0v) is 17.2. The number of pyridine rings is 1. The van der Waals surface area contributed by atoms with Crippen molar-refractivity contribution in [2.45, 2.75) is 51.1 Å². The molecule has 2 aromatic heterocycles. The Balaban J connectivity index is 1.89. The second-order valence-corrected chi connectivity index (χ2v) is 7.99. The van der Waals surface area contributed by atoms with Crippen molar-refractivity contribution in [1.29, 1.82) is 0 Å². The number of alkyl halides is 3. The summed E-state index contributed by atoms with van der Waals surface area (Å²) in [6, 6.07) is 2.17. The van der Waals surface area contributed by atoms with E-state index in [0.29, 0.717) is 19.0 Å². The summed E-state index contributed by atoms with van der Waals surface area (Å²) in [6.07, 6.45) is -3.46. The van der Waals surface area contributed by atoms with E-state index in [1.165, 1.54) is 29.0 Å². The predicted molar refractivity (Wildman–Crippen MR) is 107 cm³/mol. The molecule has 0 radical (unpaired) electrons. The van der Waals surface area contributed by atoms with E-state index < -0.39 is 17.8 Å². The monoisotopic (exact) mass is 443 g/mol. The molecule has 1 saturated heterocycles. The molecule has 4 heterocycles. The van der Waals surface area contributed by atoms with Gasteiger partial charge in [-0.1, -0.05) is 11.6 Å². The number of ether oxygens (including phenoxy) is 1. The van der Waals surface area contributed by atoms with Crippen LogP contribution in [0.3, 0.4) is 0 Å². The summed E-state index contributed by atoms with van der Waals surface area (Å²) in [5, 5.41) is 0.0551. The highest BCUT2D eigenvalue weighted by Gasteiger charge is 2.47. The summed E-state index contributed by atoms with van der Waals surface area (Å²) in [4.78, 5) is 24.2. The Morgan fingerprint density at radius 2 is 1.90 bits per heavy atom. The SMILES string of the molecule is C[C@@H]1COC[C@@H](C)N1c1cc(=O)n2c(n1)N(c1ccnc(Cl)c1)[C@H](C(F)(F)F)CC2. The van der Waals surface area contributed by atoms with E-state index in [4.69, 9.17) is 16.3 Å². The number of morpholine rings is 1. The zero-order chi connectivity index (χ0) is 21.6. The van der Waals surface area contributed by atoms with E-state index in [-0.39, 0.29) is 41.8 Å². The highest BCUT2D eigenvalue weighted by molar-refractivity contribution is 6.29. The topological polar surface area (TPSA) is 63.5 Å². The first-order valence-corrected chi connectivity index (χ1v) is 10.00. The van der Waals surface area contributed by atoms with Gasteiger partial charge in [-0.15, -0.1) is 0 Å². The van der Waals surface area contributed by atoms with Crippen LogP contribution >= 0.6 is 11.6 Å². The Morgan fingerprint density at radius 1 is 1.20 bits per heavy atom. The van der Waals surface area contributed by atoms with Gasteiger partial charge in [0.2, 0.25) is 5.95 Å². The summed E-state index contributed by atoms with van der Waals surface area (Å²) < 4.78 is 48.6. The number of rotatable bonds is 2. The van der Waals surface area contributed by atoms with Gasteiger partial charge in [-0.3, -0.25) is 14.3 Å². The van der Waals surface area contributed by atoms with E-state index in [9.17, 15) is 18.0 Å². The Hall–Kier alpha value is -2.33. The molecule has 162 valence electrons. The van der Waals surface area contributed by atoms with Crippen LogP contribution in [0.4, 0.5) is 30.6 Å². The Kier molecular flexibility index (Phi) is 5.39. The van der Waals surface area contributed by atoms with Crippen molar-refractivity contribution in [3.05, 3.63) is 39.9 Å². The summed E-state index contributed by atoms with van der Waals surface area (Å²) in [6.45, 7) is 4.66. The molecular formula is C19H21ClF3N5O2. The van der Waals surface area contributed by atoms with Crippen LogP contribution in [0.15, 0.2) is 29.2 Å². The molecule has 1 fully saturated rings. The summed E-state index contributed by atoms with van der Waals surface area (Å²) in [7, 11) is 0. The molecule has 0 aromatic carbocycles. The molecule has 0 N–H and O–H groups in total. The summed E-state index contributed by atoms with van der Waals surface area (Å²) >= 11 is 5.95. The van der Waals surface area contributed by atoms with Crippen LogP contribution in [0.1, 0.15) is 20.3 Å². The minimum atomic E-state index is -4.52. The fraction of sp³-hybridized carbons (Fsp3) is 0.526. The standard InChI is InChI=1S/C19H21ClF3N5O2/c1-11-9-30-10-12(2)27(11)16-8-17(29)26-6-4-14(19(21,22)23)28(18(26)25-16)13-3-5-24-15(20)7-13/h3,5,7-8,11-12,14H,4,6,9-10H2,1-2H3/t11-,12-,14+/m1/s1. The Labute approximate surface area is 176 Å². The third-order valence-electron chi connectivity index (χ3n) is 5.43. The van der Waals surface area contributed by atoms with Gasteiger partial charge in [0.25, 0.3) is 5.56 Å². The molecule has 3 atom stereocenters. The smallest absolute Gasteiger partial charge is 0.377 e. The van der Waals surface area contributed by atoms with Crippen molar-refractivity contribution in [2.24, 2.45) is 0 Å². The quantitative estimate of drug-likeness (QED) is 0.663. The van der Waals surface area contributed by atoms with Gasteiger partial charge in [0.05, 0.1) is 25.3 Å². The molecule has 0 saturated carbocycles. The third kappa shape index (κ3) is 3.74. The van der Waals surface area contributed by atoms with Crippen LogP contribution in [0.2, 0.25) is 5.15 Å². The van der Waals surface area contributed by atoms with Crippen molar-refractivity contribution in [1.82, 2.24) is 14.5 Å². The van der Waals surface area contributed by atoms with Gasteiger partial charge in [0.1, 0.15) is 17.0 Å². The maximum atomic E-state index is 13.9. The minimum absolute atomic E-state index is 0.0551. The summed E-state index contributed by atoms with van der Waals surface area (Å²) in [5.41, 5.74) is -0.218. The van der Waals surface area contributed by atoms with Crippen LogP contribution in [0.25, 0.3) is 0 Å². The van der Waals surface area contributed by atoms with Gasteiger partial charge in [-0.2, -0.15) is 18.2 Å². The van der Waals surface area contributed by atoms with Crippen LogP contribution in [-0.4, -0.2) is 52.1 Å². The molecule has 30 heavy (non-hydrogen) atoms. The number of hydrogen-bond donors (Lipinski definition) is 0. The molecule has 7 nitrogen and oxygen atoms in total. The van der Waals surface area contributed by atoms with E-state index in [0.717, 1.165) is 4.90 Å². The number of anilines is 3. The van der Waals surface area contributed by atoms with Crippen molar-refractivity contribution in [3.8, 4) is 0 Å². The average molecular weight is 444 g/mol. The van der Waals surface area contributed by atoms with Crippen LogP contribution in [0, 0.1) is 0 Å². The van der Waals surface area contributed by atoms with E-state index >= 15 is 0 Å². The van der Waals surface area contributed by atoms with Gasteiger partial charge >= 0.3 is 6.18 Å². The molecule has 2 aliphatic rings. The van der Waals surface area contributed by atoms with Crippen molar-refractivity contribution >= 4 is 29.1 Å². The zero-order valence-electron chi connectivity index (χ0n) is 16.4. The largest absolute Gasteiger partial charge is 0.409 e. The lowest BCUT2D eigenvalue weighted by Crippen LogP contribution is -2.52. The molecule has 2 aliphatic heterocycles. The first-order chi connectivity index (χ1) is 14.2. The molecule has 0 bridgehead atoms. The Morgan fingerprint density at radius 3 is 2.53 bits per heavy atom. The Bertz CT molecular complexity index is 989. The highest BCUT2D eigenvalue weighted by atomic mass is 35.5. The van der Waals surface area contributed by atoms with Crippen LogP contribution in [0.5, 0.6) is 0 Å². The van der Waals surface area contributed by atoms with Gasteiger partial charge in [0, 0.05) is 24.5 Å². The molecule has 0 unspecified atom stereocenters. The highest BCUT2D eigenvalue weighted by Crippen LogP contribution is 2.39. The number of aromatic nitrogens is 3. The van der Waals surface area contributed by atoms with E-state index in [2.05, 4.69) is 9.97 Å². The maximum Gasteiger partial charge on any atom is 0.409 e. The fourth-order valence-electron chi connectivity index (χ4n) is 4.13. The molecule has 2 aromatic rings. The fourth-order valence-corrected chi connectivity index (χ4v) is 4.30. The van der Waals surface area contributed by atoms with E-state index in [1.54, 1.807) is 0 Å². The van der Waals surface area contributed by atoms with Gasteiger partial charge < -0.3 is 9.64 Å². The normalized spacial score (nSPS) is 24.7. The molecule has 4 rings (SSSR count). The molecule has 0 spiro atoms. The number of fused-ring (bicyclic) bond motifs is 1. The van der Waals surface area contributed by atoms with Crippen LogP contribution in [-0.2, 0) is 11.3 Å². The third-order valence-corrected chi connectivity index (χ3v) is 5.63. The van der Waals surface area contributed by atoms with E-state index in [1.807, 2.05) is 18.7 Å². The first-order valence-electron chi connectivity index (χ1n) is 9.62. The lowest BCUT2D eigenvalue weighted by atomic mass is 10.1. The molecule has 0 amide bonds. The van der Waals surface area contributed by atoms with Crippen LogP contribution < -0.4 is 15.4 Å². The lowest BCUT2D eigenvalue weighted by Gasteiger charge is -2.42. The van der Waals surface area contributed by atoms with Gasteiger partial charge in [-0.05, 0) is 32.4 Å². The number of halogens is 4. The number of nitrogens with zero attached hydrogens (tertiary/aromatic N) is 5. The minimum Gasteiger partial charge on any atom is -0.377 e. The average Bonchev–Trinajstić information content (AvgIpc) is 2.66. The molecule has 11 heteroatoms. The molecule has 0 aliphatic carbocycles. The molecular weight excluding hydrogens is 423 g/mol. The number of hydrogen-bond acceptors (Lipinski definition) is 6. The second kappa shape index (κ2) is 7.73. The lowest BCUT2D eigenvalue weighted by molar-refractivity contribution is -0.150. The first kappa shape index (κ1) is 20.9. The van der Waals surface area contributed by atoms with Crippen molar-refractivity contribution in [2.75, 3.05) is 23.0 Å². The van der Waals surface area contributed by atoms with Gasteiger partial charge in [0.15, 0.2) is 0 Å².